The summed E-state index contributed by atoms with van der Waals surface area (Å²) < 4.78 is 5.49. The molecule has 4 rings (SSSR count). The topological polar surface area (TPSA) is 82.4 Å². The second-order valence-corrected chi connectivity index (χ2v) is 8.00. The number of hydrogen-bond donors (Lipinski definition) is 1. The van der Waals surface area contributed by atoms with Crippen LogP contribution in [-0.2, 0) is 16.1 Å². The molecule has 3 heterocycles. The monoisotopic (exact) mass is 397 g/mol. The van der Waals surface area contributed by atoms with Gasteiger partial charge in [0.05, 0.1) is 12.6 Å². The smallest absolute Gasteiger partial charge is 0.410 e. The molecule has 29 heavy (non-hydrogen) atoms. The molecule has 1 aromatic rings. The van der Waals surface area contributed by atoms with Crippen LogP contribution >= 0.6 is 0 Å². The maximum atomic E-state index is 12.7. The lowest BCUT2D eigenvalue weighted by Crippen LogP contribution is -2.38. The van der Waals surface area contributed by atoms with Gasteiger partial charge in [0, 0.05) is 31.3 Å². The molecule has 1 saturated heterocycles. The summed E-state index contributed by atoms with van der Waals surface area (Å²) in [6, 6.07) is 9.41. The van der Waals surface area contributed by atoms with Gasteiger partial charge in [-0.2, -0.15) is 0 Å². The highest BCUT2D eigenvalue weighted by Crippen LogP contribution is 2.39. The molecule has 3 unspecified atom stereocenters. The lowest BCUT2D eigenvalue weighted by Gasteiger charge is -2.29. The number of β-amino-alcohol motifs (C(OH)–C–C–N with tert-alkyl or cyclic N) is 1. The van der Waals surface area contributed by atoms with E-state index in [1.165, 1.54) is 0 Å². The summed E-state index contributed by atoms with van der Waals surface area (Å²) in [7, 11) is 0. The second kappa shape index (κ2) is 8.37. The van der Waals surface area contributed by atoms with Crippen molar-refractivity contribution in [3.8, 4) is 0 Å². The fourth-order valence-electron chi connectivity index (χ4n) is 4.55. The summed E-state index contributed by atoms with van der Waals surface area (Å²) in [4.78, 5) is 32.5. The first-order valence-corrected chi connectivity index (χ1v) is 10.2. The fourth-order valence-corrected chi connectivity index (χ4v) is 4.55. The van der Waals surface area contributed by atoms with E-state index in [0.717, 1.165) is 24.0 Å². The molecule has 7 nitrogen and oxygen atoms in total. The number of benzene rings is 1. The Morgan fingerprint density at radius 1 is 1.28 bits per heavy atom. The van der Waals surface area contributed by atoms with Crippen LogP contribution in [0, 0.1) is 5.92 Å². The van der Waals surface area contributed by atoms with E-state index in [-0.39, 0.29) is 37.2 Å². The molecule has 0 aliphatic carbocycles. The number of hydrogen-bond acceptors (Lipinski definition) is 5. The van der Waals surface area contributed by atoms with Crippen molar-refractivity contribution in [3.05, 3.63) is 47.7 Å². The number of aliphatic imine (C=N–C) groups is 1. The summed E-state index contributed by atoms with van der Waals surface area (Å²) in [5.41, 5.74) is 2.05. The van der Waals surface area contributed by atoms with Crippen LogP contribution in [0.2, 0.25) is 0 Å². The van der Waals surface area contributed by atoms with Crippen molar-refractivity contribution in [2.75, 3.05) is 6.54 Å². The predicted octanol–water partition coefficient (Wildman–Crippen LogP) is 2.70. The first-order valence-electron chi connectivity index (χ1n) is 10.2. The minimum atomic E-state index is -0.560. The highest BCUT2D eigenvalue weighted by atomic mass is 16.6. The number of aliphatic hydroxyl groups is 1. The number of carbonyl (C=O) groups excluding carboxylic acids is 2. The minimum absolute atomic E-state index is 0.0281. The van der Waals surface area contributed by atoms with Crippen molar-refractivity contribution in [3.63, 3.8) is 0 Å². The van der Waals surface area contributed by atoms with Crippen LogP contribution in [0.4, 0.5) is 4.79 Å². The van der Waals surface area contributed by atoms with Crippen LogP contribution in [0.15, 0.2) is 47.1 Å². The van der Waals surface area contributed by atoms with Crippen LogP contribution < -0.4 is 0 Å². The number of rotatable bonds is 4. The van der Waals surface area contributed by atoms with Crippen molar-refractivity contribution in [2.45, 2.75) is 57.5 Å². The number of carbonyl (C=O) groups is 2. The van der Waals surface area contributed by atoms with E-state index in [4.69, 9.17) is 4.74 Å². The molecule has 3 aliphatic heterocycles. The number of fused-ring (bicyclic) bond motifs is 1. The van der Waals surface area contributed by atoms with Crippen molar-refractivity contribution < 1.29 is 19.4 Å². The molecule has 1 fully saturated rings. The van der Waals surface area contributed by atoms with Gasteiger partial charge in [0.1, 0.15) is 12.8 Å². The third-order valence-corrected chi connectivity index (χ3v) is 5.96. The van der Waals surface area contributed by atoms with Gasteiger partial charge < -0.3 is 14.7 Å². The quantitative estimate of drug-likeness (QED) is 0.847. The van der Waals surface area contributed by atoms with Gasteiger partial charge in [0.2, 0.25) is 5.91 Å². The zero-order valence-electron chi connectivity index (χ0n) is 16.6. The summed E-state index contributed by atoms with van der Waals surface area (Å²) in [5, 5.41) is 10.2. The standard InChI is InChI=1S/C22H27N3O4/c1-15(26)24-12-17(20-8-5-9-23-21(20)24)10-18-11-19(27)13-25(18)22(28)29-14-16-6-3-2-4-7-16/h2-4,6-7,9,12,18-21,27H,5,8,10-11,13-14H2,1H3/t18-,19?,20?,21?/m1/s1. The molecule has 0 spiro atoms. The highest BCUT2D eigenvalue weighted by molar-refractivity contribution is 5.76. The molecule has 7 heteroatoms. The van der Waals surface area contributed by atoms with Gasteiger partial charge in [0.25, 0.3) is 0 Å². The van der Waals surface area contributed by atoms with Gasteiger partial charge in [-0.3, -0.25) is 14.7 Å². The molecule has 0 bridgehead atoms. The zero-order valence-corrected chi connectivity index (χ0v) is 16.6. The van der Waals surface area contributed by atoms with E-state index in [0.29, 0.717) is 12.8 Å². The van der Waals surface area contributed by atoms with E-state index in [2.05, 4.69) is 4.99 Å². The molecule has 1 N–H and O–H groups in total. The van der Waals surface area contributed by atoms with E-state index >= 15 is 0 Å². The van der Waals surface area contributed by atoms with Gasteiger partial charge in [-0.15, -0.1) is 0 Å². The maximum Gasteiger partial charge on any atom is 0.410 e. The molecule has 3 aliphatic rings. The number of likely N-dealkylation sites (tertiary alicyclic amines) is 1. The molecule has 0 aromatic heterocycles. The SMILES string of the molecule is CC(=O)N1C=C(C[C@@H]2CC(O)CN2C(=O)OCc2ccccc2)C2CCC=NC21. The number of aliphatic hydroxyl groups excluding tert-OH is 1. The Balaban J connectivity index is 1.44. The number of amides is 2. The van der Waals surface area contributed by atoms with Crippen molar-refractivity contribution >= 4 is 18.2 Å². The first-order chi connectivity index (χ1) is 14.0. The molecule has 2 amide bonds. The Morgan fingerprint density at radius 2 is 2.07 bits per heavy atom. The van der Waals surface area contributed by atoms with E-state index in [9.17, 15) is 14.7 Å². The molecule has 4 atom stereocenters. The van der Waals surface area contributed by atoms with Gasteiger partial charge >= 0.3 is 6.09 Å². The van der Waals surface area contributed by atoms with Crippen LogP contribution in [-0.4, -0.2) is 58.0 Å². The lowest BCUT2D eigenvalue weighted by molar-refractivity contribution is -0.128. The summed E-state index contributed by atoms with van der Waals surface area (Å²) in [6.45, 7) is 2.03. The van der Waals surface area contributed by atoms with Crippen molar-refractivity contribution in [1.82, 2.24) is 9.80 Å². The predicted molar refractivity (Wildman–Crippen MR) is 108 cm³/mol. The third kappa shape index (κ3) is 4.19. The Hall–Kier alpha value is -2.67. The Bertz CT molecular complexity index is 823. The maximum absolute atomic E-state index is 12.7. The Labute approximate surface area is 170 Å². The van der Waals surface area contributed by atoms with Crippen LogP contribution in [0.5, 0.6) is 0 Å². The second-order valence-electron chi connectivity index (χ2n) is 8.00. The molecule has 154 valence electrons. The van der Waals surface area contributed by atoms with Crippen LogP contribution in [0.25, 0.3) is 0 Å². The molecular formula is C22H27N3O4. The van der Waals surface area contributed by atoms with Crippen LogP contribution in [0.1, 0.15) is 38.2 Å². The summed E-state index contributed by atoms with van der Waals surface area (Å²) in [6.07, 6.45) is 5.62. The Kier molecular flexibility index (Phi) is 5.67. The van der Waals surface area contributed by atoms with Crippen molar-refractivity contribution in [2.24, 2.45) is 10.9 Å². The molecule has 1 aromatic carbocycles. The van der Waals surface area contributed by atoms with Crippen molar-refractivity contribution in [1.29, 1.82) is 0 Å². The zero-order chi connectivity index (χ0) is 20.4. The largest absolute Gasteiger partial charge is 0.445 e. The summed E-state index contributed by atoms with van der Waals surface area (Å²) >= 11 is 0. The Morgan fingerprint density at radius 3 is 2.83 bits per heavy atom. The molecular weight excluding hydrogens is 370 g/mol. The van der Waals surface area contributed by atoms with E-state index in [1.807, 2.05) is 42.7 Å². The fraction of sp³-hybridized carbons (Fsp3) is 0.500. The average molecular weight is 397 g/mol. The van der Waals surface area contributed by atoms with Gasteiger partial charge in [-0.1, -0.05) is 30.3 Å². The number of ether oxygens (including phenoxy) is 1. The van der Waals surface area contributed by atoms with Gasteiger partial charge in [-0.25, -0.2) is 4.79 Å². The van der Waals surface area contributed by atoms with Gasteiger partial charge in [-0.05, 0) is 36.8 Å². The van der Waals surface area contributed by atoms with Gasteiger partial charge in [0.15, 0.2) is 0 Å². The van der Waals surface area contributed by atoms with Crippen LogP contribution in [0.3, 0.4) is 0 Å². The molecule has 0 radical (unpaired) electrons. The summed E-state index contributed by atoms with van der Waals surface area (Å²) in [5.74, 6) is 0.156. The van der Waals surface area contributed by atoms with E-state index < -0.39 is 12.2 Å². The lowest BCUT2D eigenvalue weighted by atomic mass is 9.88. The minimum Gasteiger partial charge on any atom is -0.445 e. The molecule has 0 saturated carbocycles. The number of nitrogens with zero attached hydrogens (tertiary/aromatic N) is 3. The first kappa shape index (κ1) is 19.6. The average Bonchev–Trinajstić information content (AvgIpc) is 3.28. The third-order valence-electron chi connectivity index (χ3n) is 5.96. The normalized spacial score (nSPS) is 28.3. The highest BCUT2D eigenvalue weighted by Gasteiger charge is 2.42. The van der Waals surface area contributed by atoms with E-state index in [1.54, 1.807) is 16.7 Å².